The van der Waals surface area contributed by atoms with Gasteiger partial charge in [0.2, 0.25) is 0 Å². The fourth-order valence-electron chi connectivity index (χ4n) is 1.35. The van der Waals surface area contributed by atoms with Gasteiger partial charge in [0, 0.05) is 16.9 Å². The number of hydrogen-bond donors (Lipinski definition) is 1. The summed E-state index contributed by atoms with van der Waals surface area (Å²) < 4.78 is 12.7. The van der Waals surface area contributed by atoms with Crippen LogP contribution in [0.4, 0.5) is 4.39 Å². The standard InChI is InChI=1S/C12H12FNOS/c1-8(6-15)12-14-11(7-16-12)9-2-4-10(13)5-3-9/h2-5,7-8,15H,6H2,1H3. The number of halogens is 1. The molecule has 0 spiro atoms. The number of aliphatic hydroxyl groups excluding tert-OH is 1. The lowest BCUT2D eigenvalue weighted by atomic mass is 10.1. The zero-order chi connectivity index (χ0) is 11.5. The monoisotopic (exact) mass is 237 g/mol. The van der Waals surface area contributed by atoms with Crippen molar-refractivity contribution in [2.24, 2.45) is 0 Å². The summed E-state index contributed by atoms with van der Waals surface area (Å²) in [6, 6.07) is 6.25. The first-order valence-corrected chi connectivity index (χ1v) is 5.91. The van der Waals surface area contributed by atoms with Gasteiger partial charge in [0.25, 0.3) is 0 Å². The van der Waals surface area contributed by atoms with Crippen molar-refractivity contribution in [3.05, 3.63) is 40.5 Å². The molecule has 0 aliphatic rings. The van der Waals surface area contributed by atoms with E-state index < -0.39 is 0 Å². The van der Waals surface area contributed by atoms with Gasteiger partial charge < -0.3 is 5.11 Å². The first kappa shape index (κ1) is 11.2. The highest BCUT2D eigenvalue weighted by molar-refractivity contribution is 7.10. The van der Waals surface area contributed by atoms with E-state index in [1.165, 1.54) is 23.5 Å². The predicted molar refractivity (Wildman–Crippen MR) is 63.0 cm³/mol. The molecule has 1 unspecified atom stereocenters. The number of thiazole rings is 1. The molecule has 1 atom stereocenters. The summed E-state index contributed by atoms with van der Waals surface area (Å²) in [4.78, 5) is 4.42. The lowest BCUT2D eigenvalue weighted by Gasteiger charge is -2.01. The first-order valence-electron chi connectivity index (χ1n) is 5.03. The minimum absolute atomic E-state index is 0.0548. The molecule has 0 fully saturated rings. The average molecular weight is 237 g/mol. The molecule has 1 aromatic heterocycles. The zero-order valence-electron chi connectivity index (χ0n) is 8.85. The van der Waals surface area contributed by atoms with Crippen LogP contribution in [0.2, 0.25) is 0 Å². The third-order valence-corrected chi connectivity index (χ3v) is 3.43. The summed E-state index contributed by atoms with van der Waals surface area (Å²) in [6.07, 6.45) is 0. The fraction of sp³-hybridized carbons (Fsp3) is 0.250. The Hall–Kier alpha value is -1.26. The van der Waals surface area contributed by atoms with Gasteiger partial charge in [-0.2, -0.15) is 0 Å². The molecule has 0 radical (unpaired) electrons. The van der Waals surface area contributed by atoms with Crippen molar-refractivity contribution in [2.45, 2.75) is 12.8 Å². The Morgan fingerprint density at radius 3 is 2.69 bits per heavy atom. The summed E-state index contributed by atoms with van der Waals surface area (Å²) in [5.74, 6) is -0.192. The van der Waals surface area contributed by atoms with Crippen LogP contribution in [0.15, 0.2) is 29.6 Å². The molecule has 0 aliphatic heterocycles. The molecule has 2 nitrogen and oxygen atoms in total. The topological polar surface area (TPSA) is 33.1 Å². The highest BCUT2D eigenvalue weighted by atomic mass is 32.1. The van der Waals surface area contributed by atoms with Crippen LogP contribution in [0.3, 0.4) is 0 Å². The van der Waals surface area contributed by atoms with Crippen LogP contribution in [0.5, 0.6) is 0 Å². The molecule has 0 amide bonds. The van der Waals surface area contributed by atoms with Crippen LogP contribution in [0, 0.1) is 5.82 Å². The summed E-state index contributed by atoms with van der Waals surface area (Å²) in [5.41, 5.74) is 1.73. The van der Waals surface area contributed by atoms with E-state index in [1.54, 1.807) is 12.1 Å². The smallest absolute Gasteiger partial charge is 0.123 e. The third kappa shape index (κ3) is 2.28. The van der Waals surface area contributed by atoms with E-state index in [0.717, 1.165) is 16.3 Å². The van der Waals surface area contributed by atoms with Gasteiger partial charge in [0.05, 0.1) is 17.3 Å². The van der Waals surface area contributed by atoms with Crippen LogP contribution in [0.25, 0.3) is 11.3 Å². The lowest BCUT2D eigenvalue weighted by molar-refractivity contribution is 0.273. The second-order valence-corrected chi connectivity index (χ2v) is 4.55. The second-order valence-electron chi connectivity index (χ2n) is 3.66. The molecule has 0 saturated carbocycles. The maximum Gasteiger partial charge on any atom is 0.123 e. The van der Waals surface area contributed by atoms with Crippen LogP contribution in [-0.4, -0.2) is 16.7 Å². The van der Waals surface area contributed by atoms with Gasteiger partial charge in [-0.25, -0.2) is 9.37 Å². The zero-order valence-corrected chi connectivity index (χ0v) is 9.67. The Morgan fingerprint density at radius 2 is 2.06 bits per heavy atom. The Bertz CT molecular complexity index is 466. The van der Waals surface area contributed by atoms with Gasteiger partial charge in [0.15, 0.2) is 0 Å². The second kappa shape index (κ2) is 4.72. The van der Waals surface area contributed by atoms with Crippen LogP contribution in [-0.2, 0) is 0 Å². The molecule has 4 heteroatoms. The van der Waals surface area contributed by atoms with Crippen molar-refractivity contribution in [1.82, 2.24) is 4.98 Å². The highest BCUT2D eigenvalue weighted by Crippen LogP contribution is 2.26. The molecule has 1 heterocycles. The van der Waals surface area contributed by atoms with Crippen molar-refractivity contribution in [1.29, 1.82) is 0 Å². The molecule has 0 aliphatic carbocycles. The minimum Gasteiger partial charge on any atom is -0.396 e. The number of nitrogens with zero attached hydrogens (tertiary/aromatic N) is 1. The molecule has 2 rings (SSSR count). The molecule has 0 saturated heterocycles. The molecule has 1 aromatic carbocycles. The average Bonchev–Trinajstić information content (AvgIpc) is 2.78. The number of rotatable bonds is 3. The Kier molecular flexibility index (Phi) is 3.31. The number of aromatic nitrogens is 1. The van der Waals surface area contributed by atoms with Crippen molar-refractivity contribution >= 4 is 11.3 Å². The minimum atomic E-state index is -0.247. The number of aliphatic hydroxyl groups is 1. The van der Waals surface area contributed by atoms with Crippen LogP contribution >= 0.6 is 11.3 Å². The van der Waals surface area contributed by atoms with Gasteiger partial charge in [-0.15, -0.1) is 11.3 Å². The fourth-order valence-corrected chi connectivity index (χ4v) is 2.22. The largest absolute Gasteiger partial charge is 0.396 e. The molecule has 1 N–H and O–H groups in total. The molecular weight excluding hydrogens is 225 g/mol. The van der Waals surface area contributed by atoms with Gasteiger partial charge in [0.1, 0.15) is 5.82 Å². The number of hydrogen-bond acceptors (Lipinski definition) is 3. The highest BCUT2D eigenvalue weighted by Gasteiger charge is 2.10. The number of benzene rings is 1. The Morgan fingerprint density at radius 1 is 1.38 bits per heavy atom. The van der Waals surface area contributed by atoms with Crippen molar-refractivity contribution in [2.75, 3.05) is 6.61 Å². The van der Waals surface area contributed by atoms with Crippen LogP contribution in [0.1, 0.15) is 17.8 Å². The van der Waals surface area contributed by atoms with E-state index in [2.05, 4.69) is 4.98 Å². The molecule has 2 aromatic rings. The lowest BCUT2D eigenvalue weighted by Crippen LogP contribution is -1.97. The molecule has 0 bridgehead atoms. The normalized spacial score (nSPS) is 12.7. The first-order chi connectivity index (χ1) is 7.70. The van der Waals surface area contributed by atoms with Crippen molar-refractivity contribution in [3.8, 4) is 11.3 Å². The van der Waals surface area contributed by atoms with E-state index in [9.17, 15) is 4.39 Å². The van der Waals surface area contributed by atoms with Gasteiger partial charge in [-0.1, -0.05) is 6.92 Å². The van der Waals surface area contributed by atoms with E-state index in [4.69, 9.17) is 5.11 Å². The summed E-state index contributed by atoms with van der Waals surface area (Å²) in [6.45, 7) is 2.02. The Balaban J connectivity index is 2.28. The third-order valence-electron chi connectivity index (χ3n) is 2.36. The SMILES string of the molecule is CC(CO)c1nc(-c2ccc(F)cc2)cs1. The van der Waals surface area contributed by atoms with E-state index >= 15 is 0 Å². The molecular formula is C12H12FNOS. The van der Waals surface area contributed by atoms with E-state index in [0.29, 0.717) is 0 Å². The maximum absolute atomic E-state index is 12.7. The maximum atomic E-state index is 12.7. The van der Waals surface area contributed by atoms with E-state index in [-0.39, 0.29) is 18.3 Å². The molecule has 84 valence electrons. The molecule has 16 heavy (non-hydrogen) atoms. The van der Waals surface area contributed by atoms with Crippen molar-refractivity contribution < 1.29 is 9.50 Å². The van der Waals surface area contributed by atoms with Crippen LogP contribution < -0.4 is 0 Å². The van der Waals surface area contributed by atoms with Gasteiger partial charge in [-0.3, -0.25) is 0 Å². The van der Waals surface area contributed by atoms with Crippen molar-refractivity contribution in [3.63, 3.8) is 0 Å². The quantitative estimate of drug-likeness (QED) is 0.890. The predicted octanol–water partition coefficient (Wildman–Crippen LogP) is 3.05. The van der Waals surface area contributed by atoms with Gasteiger partial charge >= 0.3 is 0 Å². The summed E-state index contributed by atoms with van der Waals surface area (Å²) >= 11 is 1.52. The van der Waals surface area contributed by atoms with Gasteiger partial charge in [-0.05, 0) is 24.3 Å². The van der Waals surface area contributed by atoms with E-state index in [1.807, 2.05) is 12.3 Å². The Labute approximate surface area is 97.4 Å². The summed E-state index contributed by atoms with van der Waals surface area (Å²) in [7, 11) is 0. The summed E-state index contributed by atoms with van der Waals surface area (Å²) in [5, 5.41) is 11.9.